The SMILES string of the molecule is COc1cc(CN2/C=C\C=C/N3CC4=C(C=C3C2)CC(=O)C=[N+]4[O-])cc(OC)c1OC. The van der Waals surface area contributed by atoms with Gasteiger partial charge in [0, 0.05) is 30.4 Å². The van der Waals surface area contributed by atoms with Gasteiger partial charge < -0.3 is 29.2 Å². The molecular formula is C23H25N3O5. The van der Waals surface area contributed by atoms with Crippen LogP contribution in [0.15, 0.2) is 59.7 Å². The highest BCUT2D eigenvalue weighted by Crippen LogP contribution is 2.38. The predicted octanol–water partition coefficient (Wildman–Crippen LogP) is 2.56. The molecule has 3 heterocycles. The van der Waals surface area contributed by atoms with E-state index in [0.29, 0.717) is 47.3 Å². The first-order valence-corrected chi connectivity index (χ1v) is 9.93. The van der Waals surface area contributed by atoms with E-state index in [1.54, 1.807) is 21.3 Å². The minimum Gasteiger partial charge on any atom is -0.618 e. The first-order chi connectivity index (χ1) is 15.0. The van der Waals surface area contributed by atoms with E-state index in [-0.39, 0.29) is 12.2 Å². The number of ketones is 1. The lowest BCUT2D eigenvalue weighted by Crippen LogP contribution is -2.36. The molecule has 0 radical (unpaired) electrons. The number of fused-ring (bicyclic) bond motifs is 1. The van der Waals surface area contributed by atoms with Crippen LogP contribution in [0.4, 0.5) is 0 Å². The van der Waals surface area contributed by atoms with Gasteiger partial charge in [-0.15, -0.1) is 0 Å². The smallest absolute Gasteiger partial charge is 0.224 e. The minimum atomic E-state index is -0.172. The summed E-state index contributed by atoms with van der Waals surface area (Å²) in [6, 6.07) is 3.87. The summed E-state index contributed by atoms with van der Waals surface area (Å²) in [5, 5.41) is 12.2. The highest BCUT2D eigenvalue weighted by molar-refractivity contribution is 6.26. The number of rotatable bonds is 5. The number of carbonyl (C=O) groups excluding carboxylic acids is 1. The quantitative estimate of drug-likeness (QED) is 0.532. The van der Waals surface area contributed by atoms with Crippen LogP contribution in [-0.2, 0) is 11.3 Å². The molecule has 0 saturated heterocycles. The zero-order valence-corrected chi connectivity index (χ0v) is 17.8. The molecule has 0 aliphatic carbocycles. The lowest BCUT2D eigenvalue weighted by molar-refractivity contribution is -0.401. The Bertz CT molecular complexity index is 1030. The van der Waals surface area contributed by atoms with Crippen LogP contribution >= 0.6 is 0 Å². The molecular weight excluding hydrogens is 398 g/mol. The van der Waals surface area contributed by atoms with Crippen molar-refractivity contribution in [1.29, 1.82) is 0 Å². The number of methoxy groups -OCH3 is 3. The highest BCUT2D eigenvalue weighted by Gasteiger charge is 2.30. The Kier molecular flexibility index (Phi) is 5.70. The molecule has 31 heavy (non-hydrogen) atoms. The van der Waals surface area contributed by atoms with Crippen molar-refractivity contribution in [3.05, 3.63) is 70.5 Å². The van der Waals surface area contributed by atoms with Gasteiger partial charge in [-0.2, -0.15) is 4.74 Å². The first-order valence-electron chi connectivity index (χ1n) is 9.93. The van der Waals surface area contributed by atoms with Crippen molar-refractivity contribution in [1.82, 2.24) is 9.80 Å². The van der Waals surface area contributed by atoms with Gasteiger partial charge >= 0.3 is 0 Å². The molecule has 4 rings (SSSR count). The normalized spacial score (nSPS) is 20.0. The fourth-order valence-electron chi connectivity index (χ4n) is 3.98. The number of Topliss-reactive ketones (excluding diaryl/α,β-unsaturated/α-hetero) is 1. The molecule has 3 aliphatic rings. The van der Waals surface area contributed by atoms with Crippen LogP contribution in [0.25, 0.3) is 0 Å². The summed E-state index contributed by atoms with van der Waals surface area (Å²) in [6.45, 7) is 1.67. The maximum Gasteiger partial charge on any atom is 0.224 e. The Morgan fingerprint density at radius 2 is 1.74 bits per heavy atom. The number of ether oxygens (including phenoxy) is 3. The number of hydroxylamine groups is 1. The number of hydrogen-bond donors (Lipinski definition) is 0. The van der Waals surface area contributed by atoms with Gasteiger partial charge in [0.2, 0.25) is 23.4 Å². The maximum atomic E-state index is 12.2. The monoisotopic (exact) mass is 423 g/mol. The molecule has 0 bridgehead atoms. The van der Waals surface area contributed by atoms with Crippen molar-refractivity contribution in [2.75, 3.05) is 34.4 Å². The molecule has 0 aromatic heterocycles. The van der Waals surface area contributed by atoms with Crippen LogP contribution in [0.5, 0.6) is 17.2 Å². The summed E-state index contributed by atoms with van der Waals surface area (Å²) in [7, 11) is 4.78. The molecule has 0 spiro atoms. The van der Waals surface area contributed by atoms with Crippen LogP contribution < -0.4 is 14.2 Å². The number of nitrogens with zero attached hydrogens (tertiary/aromatic N) is 3. The highest BCUT2D eigenvalue weighted by atomic mass is 16.5. The summed E-state index contributed by atoms with van der Waals surface area (Å²) in [5.74, 6) is 1.60. The van der Waals surface area contributed by atoms with Crippen LogP contribution in [-0.4, -0.2) is 61.0 Å². The third-order valence-corrected chi connectivity index (χ3v) is 5.44. The van der Waals surface area contributed by atoms with Crippen molar-refractivity contribution in [3.8, 4) is 17.2 Å². The van der Waals surface area contributed by atoms with E-state index >= 15 is 0 Å². The van der Waals surface area contributed by atoms with Gasteiger partial charge in [0.25, 0.3) is 0 Å². The van der Waals surface area contributed by atoms with E-state index in [2.05, 4.69) is 4.90 Å². The van der Waals surface area contributed by atoms with Crippen molar-refractivity contribution in [2.45, 2.75) is 13.0 Å². The van der Waals surface area contributed by atoms with Crippen molar-refractivity contribution in [2.24, 2.45) is 0 Å². The molecule has 0 amide bonds. The van der Waals surface area contributed by atoms with E-state index in [9.17, 15) is 10.0 Å². The Hall–Kier alpha value is -3.68. The fourth-order valence-corrected chi connectivity index (χ4v) is 3.98. The Labute approximate surface area is 181 Å². The Morgan fingerprint density at radius 1 is 1.03 bits per heavy atom. The van der Waals surface area contributed by atoms with Gasteiger partial charge in [-0.3, -0.25) is 4.79 Å². The summed E-state index contributed by atoms with van der Waals surface area (Å²) < 4.78 is 17.1. The number of benzene rings is 1. The van der Waals surface area contributed by atoms with Crippen molar-refractivity contribution in [3.63, 3.8) is 0 Å². The molecule has 0 fully saturated rings. The molecule has 0 saturated carbocycles. The number of carbonyl (C=O) groups is 1. The molecule has 0 N–H and O–H groups in total. The summed E-state index contributed by atoms with van der Waals surface area (Å²) in [6.07, 6.45) is 11.2. The van der Waals surface area contributed by atoms with Crippen LogP contribution in [0, 0.1) is 5.21 Å². The van der Waals surface area contributed by atoms with Crippen LogP contribution in [0.1, 0.15) is 12.0 Å². The topological polar surface area (TPSA) is 77.3 Å². The lowest BCUT2D eigenvalue weighted by atomic mass is 9.99. The molecule has 1 aromatic carbocycles. The summed E-state index contributed by atoms with van der Waals surface area (Å²) in [4.78, 5) is 16.0. The zero-order chi connectivity index (χ0) is 22.0. The second-order valence-electron chi connectivity index (χ2n) is 7.46. The number of allylic oxidation sites excluding steroid dienone is 4. The molecule has 0 atom stereocenters. The zero-order valence-electron chi connectivity index (χ0n) is 17.8. The third-order valence-electron chi connectivity index (χ3n) is 5.44. The van der Waals surface area contributed by atoms with Gasteiger partial charge in [0.1, 0.15) is 6.54 Å². The molecule has 3 aliphatic heterocycles. The molecule has 8 nitrogen and oxygen atoms in total. The van der Waals surface area contributed by atoms with Gasteiger partial charge in [0.15, 0.2) is 11.5 Å². The largest absolute Gasteiger partial charge is 0.618 e. The van der Waals surface area contributed by atoms with E-state index < -0.39 is 0 Å². The molecule has 162 valence electrons. The van der Waals surface area contributed by atoms with Gasteiger partial charge in [0.05, 0.1) is 27.9 Å². The maximum absolute atomic E-state index is 12.2. The second-order valence-corrected chi connectivity index (χ2v) is 7.46. The molecule has 1 aromatic rings. The Morgan fingerprint density at radius 3 is 2.42 bits per heavy atom. The number of hydrogen-bond acceptors (Lipinski definition) is 7. The average molecular weight is 423 g/mol. The van der Waals surface area contributed by atoms with Crippen molar-refractivity contribution < 1.29 is 23.7 Å². The third kappa shape index (κ3) is 4.14. The lowest BCUT2D eigenvalue weighted by Gasteiger charge is -2.34. The van der Waals surface area contributed by atoms with E-state index in [1.165, 1.54) is 0 Å². The summed E-state index contributed by atoms with van der Waals surface area (Å²) in [5.41, 5.74) is 3.43. The van der Waals surface area contributed by atoms with Crippen LogP contribution in [0.2, 0.25) is 0 Å². The standard InChI is InChI=1S/C23H25N3O5/c1-29-21-8-16(9-22(30-2)23(21)31-3)12-24-6-4-5-7-25-15-20-17(10-18(25)13-24)11-19(27)14-26(20)28/h4-10,14H,11-13,15H2,1-3H3/b6-4-,7-5-. The van der Waals surface area contributed by atoms with Crippen molar-refractivity contribution >= 4 is 12.0 Å². The van der Waals surface area contributed by atoms with E-state index in [0.717, 1.165) is 23.0 Å². The fraction of sp³-hybridized carbons (Fsp3) is 0.304. The minimum absolute atomic E-state index is 0.172. The molecule has 0 unspecified atom stereocenters. The molecule has 8 heteroatoms. The van der Waals surface area contributed by atoms with Crippen LogP contribution in [0.3, 0.4) is 0 Å². The summed E-state index contributed by atoms with van der Waals surface area (Å²) >= 11 is 0. The van der Waals surface area contributed by atoms with E-state index in [1.807, 2.05) is 47.7 Å². The predicted molar refractivity (Wildman–Crippen MR) is 116 cm³/mol. The van der Waals surface area contributed by atoms with Gasteiger partial charge in [-0.1, -0.05) is 0 Å². The van der Waals surface area contributed by atoms with E-state index in [4.69, 9.17) is 14.2 Å². The second kappa shape index (κ2) is 8.59. The Balaban J connectivity index is 1.62. The first kappa shape index (κ1) is 20.6. The van der Waals surface area contributed by atoms with Gasteiger partial charge in [-0.05, 0) is 42.1 Å². The van der Waals surface area contributed by atoms with Gasteiger partial charge in [-0.25, -0.2) is 0 Å². The average Bonchev–Trinajstić information content (AvgIpc) is 2.74.